The molecule has 0 heterocycles. The van der Waals surface area contributed by atoms with Crippen molar-refractivity contribution in [2.24, 2.45) is 0 Å². The van der Waals surface area contributed by atoms with Crippen molar-refractivity contribution in [2.75, 3.05) is 11.4 Å². The first-order valence-corrected chi connectivity index (χ1v) is 6.73. The number of nitrogens with zero attached hydrogens (tertiary/aromatic N) is 1. The van der Waals surface area contributed by atoms with Crippen molar-refractivity contribution in [3.05, 3.63) is 30.3 Å². The second-order valence-electron chi connectivity index (χ2n) is 4.53. The molecule has 0 aliphatic heterocycles. The van der Waals surface area contributed by atoms with Gasteiger partial charge < -0.3 is 10.2 Å². The summed E-state index contributed by atoms with van der Waals surface area (Å²) >= 11 is 0. The molecule has 0 bridgehead atoms. The Morgan fingerprint density at radius 1 is 1.21 bits per heavy atom. The van der Waals surface area contributed by atoms with Gasteiger partial charge in [0.15, 0.2) is 0 Å². The molecule has 0 radical (unpaired) electrons. The van der Waals surface area contributed by atoms with Crippen molar-refractivity contribution in [2.45, 2.75) is 39.7 Å². The molecular formula is C15H22N2O2. The molecule has 0 fully saturated rings. The summed E-state index contributed by atoms with van der Waals surface area (Å²) in [5.74, 6) is -0.386. The molecule has 0 aliphatic rings. The summed E-state index contributed by atoms with van der Waals surface area (Å²) in [5.41, 5.74) is 0.825. The van der Waals surface area contributed by atoms with E-state index in [4.69, 9.17) is 0 Å². The molecule has 19 heavy (non-hydrogen) atoms. The summed E-state index contributed by atoms with van der Waals surface area (Å²) in [5, 5.41) is 2.80. The Morgan fingerprint density at radius 3 is 2.37 bits per heavy atom. The summed E-state index contributed by atoms with van der Waals surface area (Å²) in [4.78, 5) is 25.5. The first kappa shape index (κ1) is 15.2. The second-order valence-corrected chi connectivity index (χ2v) is 4.53. The van der Waals surface area contributed by atoms with Crippen LogP contribution in [0.2, 0.25) is 0 Å². The molecule has 2 amide bonds. The number of anilines is 1. The van der Waals surface area contributed by atoms with Crippen LogP contribution in [0.15, 0.2) is 30.3 Å². The summed E-state index contributed by atoms with van der Waals surface area (Å²) in [7, 11) is 0. The molecular weight excluding hydrogens is 240 g/mol. The zero-order chi connectivity index (χ0) is 14.3. The number of amides is 2. The Kier molecular flexibility index (Phi) is 6.06. The van der Waals surface area contributed by atoms with Crippen LogP contribution in [0.4, 0.5) is 5.69 Å². The lowest BCUT2D eigenvalue weighted by Crippen LogP contribution is -2.38. The van der Waals surface area contributed by atoms with Gasteiger partial charge in [-0.1, -0.05) is 25.1 Å². The minimum Gasteiger partial charge on any atom is -0.353 e. The van der Waals surface area contributed by atoms with Crippen LogP contribution in [0.3, 0.4) is 0 Å². The smallest absolute Gasteiger partial charge is 0.236 e. The first-order valence-electron chi connectivity index (χ1n) is 6.73. The van der Waals surface area contributed by atoms with E-state index in [1.165, 1.54) is 0 Å². The highest BCUT2D eigenvalue weighted by atomic mass is 16.2. The standard InChI is InChI=1S/C15H22N2O2/c1-4-12(3)16-14(18)11-15(19)17(5-2)13-9-7-6-8-10-13/h6-10,12H,4-5,11H2,1-3H3,(H,16,18). The van der Waals surface area contributed by atoms with Gasteiger partial charge in [-0.2, -0.15) is 0 Å². The molecule has 4 nitrogen and oxygen atoms in total. The van der Waals surface area contributed by atoms with Crippen LogP contribution in [0, 0.1) is 0 Å². The van der Waals surface area contributed by atoms with Crippen molar-refractivity contribution < 1.29 is 9.59 Å². The zero-order valence-electron chi connectivity index (χ0n) is 11.8. The summed E-state index contributed by atoms with van der Waals surface area (Å²) in [6.45, 7) is 6.38. The number of benzene rings is 1. The second kappa shape index (κ2) is 7.56. The Hall–Kier alpha value is -1.84. The topological polar surface area (TPSA) is 49.4 Å². The van der Waals surface area contributed by atoms with Gasteiger partial charge in [-0.05, 0) is 32.4 Å². The van der Waals surface area contributed by atoms with E-state index in [0.717, 1.165) is 12.1 Å². The monoisotopic (exact) mass is 262 g/mol. The summed E-state index contributed by atoms with van der Waals surface area (Å²) < 4.78 is 0. The van der Waals surface area contributed by atoms with Crippen molar-refractivity contribution in [3.8, 4) is 0 Å². The number of para-hydroxylation sites is 1. The normalized spacial score (nSPS) is 11.7. The molecule has 1 aromatic rings. The minimum absolute atomic E-state index is 0.104. The van der Waals surface area contributed by atoms with E-state index in [9.17, 15) is 9.59 Å². The van der Waals surface area contributed by atoms with E-state index >= 15 is 0 Å². The largest absolute Gasteiger partial charge is 0.353 e. The van der Waals surface area contributed by atoms with Crippen molar-refractivity contribution >= 4 is 17.5 Å². The van der Waals surface area contributed by atoms with Crippen molar-refractivity contribution in [1.29, 1.82) is 0 Å². The molecule has 104 valence electrons. The number of carbonyl (C=O) groups excluding carboxylic acids is 2. The molecule has 0 saturated carbocycles. The van der Waals surface area contributed by atoms with E-state index in [1.807, 2.05) is 51.1 Å². The third-order valence-corrected chi connectivity index (χ3v) is 3.02. The third-order valence-electron chi connectivity index (χ3n) is 3.02. The van der Waals surface area contributed by atoms with Gasteiger partial charge in [0.1, 0.15) is 6.42 Å². The quantitative estimate of drug-likeness (QED) is 0.800. The summed E-state index contributed by atoms with van der Waals surface area (Å²) in [6.07, 6.45) is 0.753. The van der Waals surface area contributed by atoms with E-state index in [1.54, 1.807) is 4.90 Å². The fourth-order valence-corrected chi connectivity index (χ4v) is 1.77. The molecule has 0 aromatic heterocycles. The molecule has 1 atom stereocenters. The molecule has 1 rings (SSSR count). The number of carbonyl (C=O) groups is 2. The molecule has 1 N–H and O–H groups in total. The van der Waals surface area contributed by atoms with Gasteiger partial charge in [0.2, 0.25) is 11.8 Å². The van der Waals surface area contributed by atoms with Gasteiger partial charge in [0.25, 0.3) is 0 Å². The number of hydrogen-bond acceptors (Lipinski definition) is 2. The highest BCUT2D eigenvalue weighted by Crippen LogP contribution is 2.13. The predicted octanol–water partition coefficient (Wildman–Crippen LogP) is 2.34. The van der Waals surface area contributed by atoms with Crippen LogP contribution >= 0.6 is 0 Å². The lowest BCUT2D eigenvalue weighted by atomic mass is 10.2. The van der Waals surface area contributed by atoms with Crippen LogP contribution < -0.4 is 10.2 Å². The molecule has 0 aliphatic carbocycles. The summed E-state index contributed by atoms with van der Waals surface area (Å²) in [6, 6.07) is 9.50. The maximum Gasteiger partial charge on any atom is 0.236 e. The Bertz CT molecular complexity index is 417. The van der Waals surface area contributed by atoms with Gasteiger partial charge in [0.05, 0.1) is 0 Å². The Morgan fingerprint density at radius 2 is 1.84 bits per heavy atom. The van der Waals surface area contributed by atoms with Crippen molar-refractivity contribution in [3.63, 3.8) is 0 Å². The average molecular weight is 262 g/mol. The van der Waals surface area contributed by atoms with Crippen molar-refractivity contribution in [1.82, 2.24) is 5.32 Å². The van der Waals surface area contributed by atoms with Crippen LogP contribution in [0.5, 0.6) is 0 Å². The predicted molar refractivity (Wildman–Crippen MR) is 77.0 cm³/mol. The van der Waals surface area contributed by atoms with Crippen LogP contribution in [-0.4, -0.2) is 24.4 Å². The Labute approximate surface area is 114 Å². The Balaban J connectivity index is 2.63. The lowest BCUT2D eigenvalue weighted by Gasteiger charge is -2.21. The molecule has 4 heteroatoms. The highest BCUT2D eigenvalue weighted by Gasteiger charge is 2.17. The SMILES string of the molecule is CCC(C)NC(=O)CC(=O)N(CC)c1ccccc1. The van der Waals surface area contributed by atoms with Crippen LogP contribution in [0.25, 0.3) is 0 Å². The lowest BCUT2D eigenvalue weighted by molar-refractivity contribution is -0.128. The molecule has 0 saturated heterocycles. The van der Waals surface area contributed by atoms with Crippen LogP contribution in [0.1, 0.15) is 33.6 Å². The highest BCUT2D eigenvalue weighted by molar-refractivity contribution is 6.04. The first-order chi connectivity index (χ1) is 9.08. The maximum atomic E-state index is 12.1. The number of hydrogen-bond donors (Lipinski definition) is 1. The van der Waals surface area contributed by atoms with E-state index < -0.39 is 0 Å². The fraction of sp³-hybridized carbons (Fsp3) is 0.467. The van der Waals surface area contributed by atoms with Gasteiger partial charge >= 0.3 is 0 Å². The molecule has 1 aromatic carbocycles. The van der Waals surface area contributed by atoms with E-state index in [-0.39, 0.29) is 24.3 Å². The zero-order valence-corrected chi connectivity index (χ0v) is 11.8. The van der Waals surface area contributed by atoms with Gasteiger partial charge in [-0.3, -0.25) is 9.59 Å². The average Bonchev–Trinajstić information content (AvgIpc) is 2.40. The van der Waals surface area contributed by atoms with Gasteiger partial charge in [0, 0.05) is 18.3 Å². The van der Waals surface area contributed by atoms with Crippen LogP contribution in [-0.2, 0) is 9.59 Å². The third kappa shape index (κ3) is 4.73. The molecule has 0 spiro atoms. The molecule has 1 unspecified atom stereocenters. The van der Waals surface area contributed by atoms with E-state index in [2.05, 4.69) is 5.32 Å². The number of nitrogens with one attached hydrogen (secondary N) is 1. The fourth-order valence-electron chi connectivity index (χ4n) is 1.77. The minimum atomic E-state index is -0.214. The number of rotatable bonds is 6. The van der Waals surface area contributed by atoms with Gasteiger partial charge in [-0.15, -0.1) is 0 Å². The van der Waals surface area contributed by atoms with E-state index in [0.29, 0.717) is 6.54 Å². The van der Waals surface area contributed by atoms with Gasteiger partial charge in [-0.25, -0.2) is 0 Å². The maximum absolute atomic E-state index is 12.1.